The summed E-state index contributed by atoms with van der Waals surface area (Å²) in [5, 5.41) is 3.62. The first-order chi connectivity index (χ1) is 12.2. The number of pyridine rings is 1. The molecule has 2 nitrogen and oxygen atoms in total. The van der Waals surface area contributed by atoms with Gasteiger partial charge in [0.2, 0.25) is 5.69 Å². The molecule has 132 valence electrons. The molecule has 1 aliphatic carbocycles. The van der Waals surface area contributed by atoms with Crippen LogP contribution in [0.4, 0.5) is 5.69 Å². The second kappa shape index (κ2) is 6.16. The van der Waals surface area contributed by atoms with Crippen LogP contribution in [0.2, 0.25) is 0 Å². The summed E-state index contributed by atoms with van der Waals surface area (Å²) in [4.78, 5) is 0. The van der Waals surface area contributed by atoms with E-state index >= 15 is 0 Å². The van der Waals surface area contributed by atoms with E-state index in [0.717, 1.165) is 6.54 Å². The fourth-order valence-corrected chi connectivity index (χ4v) is 5.56. The van der Waals surface area contributed by atoms with Crippen LogP contribution in [-0.4, -0.2) is 6.54 Å². The van der Waals surface area contributed by atoms with E-state index in [0.29, 0.717) is 5.41 Å². The number of hydrogen-bond acceptors (Lipinski definition) is 1. The summed E-state index contributed by atoms with van der Waals surface area (Å²) in [6.07, 6.45) is 9.82. The highest BCUT2D eigenvalue weighted by atomic mass is 15.1. The molecule has 1 saturated carbocycles. The lowest BCUT2D eigenvalue weighted by Crippen LogP contribution is -2.75. The van der Waals surface area contributed by atoms with E-state index in [4.69, 9.17) is 0 Å². The summed E-state index contributed by atoms with van der Waals surface area (Å²) in [6, 6.07) is 13.8. The highest BCUT2D eigenvalue weighted by Crippen LogP contribution is 2.61. The minimum atomic E-state index is 0.266. The van der Waals surface area contributed by atoms with Gasteiger partial charge in [-0.15, -0.1) is 0 Å². The van der Waals surface area contributed by atoms with Crippen LogP contribution >= 0.6 is 0 Å². The molecule has 2 heteroatoms. The summed E-state index contributed by atoms with van der Waals surface area (Å²) in [5.74, 6) is 0. The lowest BCUT2D eigenvalue weighted by atomic mass is 9.47. The van der Waals surface area contributed by atoms with Gasteiger partial charge in [-0.05, 0) is 43.0 Å². The van der Waals surface area contributed by atoms with Gasteiger partial charge in [0.1, 0.15) is 0 Å². The molecule has 2 aliphatic rings. The van der Waals surface area contributed by atoms with Crippen molar-refractivity contribution in [1.29, 1.82) is 0 Å². The van der Waals surface area contributed by atoms with Crippen molar-refractivity contribution in [2.75, 3.05) is 11.9 Å². The Labute approximate surface area is 152 Å². The summed E-state index contributed by atoms with van der Waals surface area (Å²) >= 11 is 0. The molecule has 2 atom stereocenters. The molecule has 0 amide bonds. The number of fused-ring (bicyclic) bond motifs is 6. The minimum absolute atomic E-state index is 0.266. The van der Waals surface area contributed by atoms with Crippen molar-refractivity contribution in [3.05, 3.63) is 48.2 Å². The van der Waals surface area contributed by atoms with Gasteiger partial charge >= 0.3 is 0 Å². The Morgan fingerprint density at radius 2 is 1.92 bits per heavy atom. The van der Waals surface area contributed by atoms with Gasteiger partial charge in [0.15, 0.2) is 11.7 Å². The third-order valence-corrected chi connectivity index (χ3v) is 7.04. The summed E-state index contributed by atoms with van der Waals surface area (Å²) in [5.41, 5.74) is 6.24. The van der Waals surface area contributed by atoms with Crippen LogP contribution in [0.25, 0.3) is 11.3 Å². The molecule has 0 saturated heterocycles. The Balaban J connectivity index is 1.87. The van der Waals surface area contributed by atoms with E-state index in [-0.39, 0.29) is 5.54 Å². The maximum absolute atomic E-state index is 3.62. The van der Waals surface area contributed by atoms with Crippen molar-refractivity contribution in [2.45, 2.75) is 70.3 Å². The van der Waals surface area contributed by atoms with Gasteiger partial charge in [-0.25, -0.2) is 0 Å². The third-order valence-electron chi connectivity index (χ3n) is 7.04. The predicted molar refractivity (Wildman–Crippen MR) is 105 cm³/mol. The van der Waals surface area contributed by atoms with Gasteiger partial charge in [0, 0.05) is 37.2 Å². The van der Waals surface area contributed by atoms with Gasteiger partial charge in [0.25, 0.3) is 0 Å². The smallest absolute Gasteiger partial charge is 0.213 e. The quantitative estimate of drug-likeness (QED) is 0.551. The van der Waals surface area contributed by atoms with Gasteiger partial charge in [-0.1, -0.05) is 33.3 Å². The van der Waals surface area contributed by atoms with Crippen LogP contribution in [0.1, 0.15) is 64.9 Å². The fraction of sp³-hybridized carbons (Fsp3) is 0.522. The fourth-order valence-electron chi connectivity index (χ4n) is 5.56. The van der Waals surface area contributed by atoms with Crippen molar-refractivity contribution in [3.8, 4) is 11.3 Å². The van der Waals surface area contributed by atoms with Crippen LogP contribution in [0.15, 0.2) is 42.6 Å². The van der Waals surface area contributed by atoms with E-state index in [1.807, 2.05) is 0 Å². The van der Waals surface area contributed by atoms with Crippen molar-refractivity contribution in [1.82, 2.24) is 0 Å². The maximum Gasteiger partial charge on any atom is 0.213 e. The largest absolute Gasteiger partial charge is 0.385 e. The predicted octanol–water partition coefficient (Wildman–Crippen LogP) is 5.41. The molecule has 0 radical (unpaired) electrons. The van der Waals surface area contributed by atoms with Crippen LogP contribution < -0.4 is 9.88 Å². The van der Waals surface area contributed by atoms with E-state index in [1.165, 1.54) is 55.5 Å². The van der Waals surface area contributed by atoms with E-state index < -0.39 is 0 Å². The molecule has 0 spiro atoms. The average Bonchev–Trinajstić information content (AvgIpc) is 2.63. The molecule has 0 bridgehead atoms. The molecule has 4 rings (SSSR count). The zero-order valence-corrected chi connectivity index (χ0v) is 15.9. The first-order valence-electron chi connectivity index (χ1n) is 10.1. The van der Waals surface area contributed by atoms with Gasteiger partial charge < -0.3 is 5.32 Å². The average molecular weight is 336 g/mol. The standard InChI is InChI=1S/C23H31N2/c1-4-7-15-24-18-11-12-20-19(17-18)21-10-8-9-16-25(21)23(6-3)14-13-22(20,23)5-2/h8-12,16-17,24H,4-7,13-15H2,1-3H3/q+1. The summed E-state index contributed by atoms with van der Waals surface area (Å²) in [6.45, 7) is 8.06. The number of rotatable bonds is 6. The zero-order valence-electron chi connectivity index (χ0n) is 15.9. The van der Waals surface area contributed by atoms with Crippen LogP contribution in [0, 0.1) is 0 Å². The highest BCUT2D eigenvalue weighted by molar-refractivity contribution is 5.71. The SMILES string of the molecule is CCCCNc1ccc2c(c1)-c1cccc[n+]1C1(CC)CCC21CC. The molecule has 1 aromatic carbocycles. The molecule has 1 N–H and O–H groups in total. The molecule has 1 aromatic heterocycles. The van der Waals surface area contributed by atoms with Crippen molar-refractivity contribution >= 4 is 5.69 Å². The second-order valence-electron chi connectivity index (χ2n) is 7.82. The van der Waals surface area contributed by atoms with Crippen LogP contribution in [-0.2, 0) is 11.0 Å². The lowest BCUT2D eigenvalue weighted by Gasteiger charge is -2.57. The molecular weight excluding hydrogens is 304 g/mol. The number of unbranched alkanes of at least 4 members (excludes halogenated alkanes) is 1. The second-order valence-corrected chi connectivity index (χ2v) is 7.82. The van der Waals surface area contributed by atoms with Crippen molar-refractivity contribution < 1.29 is 4.57 Å². The Hall–Kier alpha value is -1.83. The summed E-state index contributed by atoms with van der Waals surface area (Å²) in [7, 11) is 0. The van der Waals surface area contributed by atoms with E-state index in [1.54, 1.807) is 5.56 Å². The number of nitrogens with zero attached hydrogens (tertiary/aromatic N) is 1. The Morgan fingerprint density at radius 3 is 2.60 bits per heavy atom. The minimum Gasteiger partial charge on any atom is -0.385 e. The van der Waals surface area contributed by atoms with Crippen LogP contribution in [0.5, 0.6) is 0 Å². The monoisotopic (exact) mass is 335 g/mol. The first-order valence-corrected chi connectivity index (χ1v) is 10.1. The molecule has 2 unspecified atom stereocenters. The van der Waals surface area contributed by atoms with Gasteiger partial charge in [0.05, 0.1) is 11.0 Å². The molecule has 25 heavy (non-hydrogen) atoms. The zero-order chi connectivity index (χ0) is 17.5. The summed E-state index contributed by atoms with van der Waals surface area (Å²) < 4.78 is 2.61. The number of benzene rings is 1. The van der Waals surface area contributed by atoms with Crippen molar-refractivity contribution in [2.24, 2.45) is 0 Å². The van der Waals surface area contributed by atoms with Crippen molar-refractivity contribution in [3.63, 3.8) is 0 Å². The first kappa shape index (κ1) is 16.6. The molecule has 1 fully saturated rings. The number of anilines is 1. The Kier molecular flexibility index (Phi) is 4.10. The van der Waals surface area contributed by atoms with Gasteiger partial charge in [-0.3, -0.25) is 0 Å². The Bertz CT molecular complexity index is 773. The number of aromatic nitrogens is 1. The van der Waals surface area contributed by atoms with Gasteiger partial charge in [-0.2, -0.15) is 4.57 Å². The number of hydrogen-bond donors (Lipinski definition) is 1. The molecule has 2 heterocycles. The third kappa shape index (κ3) is 2.12. The molecule has 2 aromatic rings. The van der Waals surface area contributed by atoms with E-state index in [9.17, 15) is 0 Å². The highest BCUT2D eigenvalue weighted by Gasteiger charge is 2.68. The maximum atomic E-state index is 3.62. The lowest BCUT2D eigenvalue weighted by molar-refractivity contribution is -0.783. The van der Waals surface area contributed by atoms with Crippen LogP contribution in [0.3, 0.4) is 0 Å². The normalized spacial score (nSPS) is 26.2. The van der Waals surface area contributed by atoms with E-state index in [2.05, 4.69) is 73.3 Å². The molecular formula is C23H31N2+. The number of nitrogens with one attached hydrogen (secondary N) is 1. The molecule has 1 aliphatic heterocycles. The topological polar surface area (TPSA) is 15.9 Å². The Morgan fingerprint density at radius 1 is 1.04 bits per heavy atom.